The van der Waals surface area contributed by atoms with E-state index in [1.165, 1.54) is 18.0 Å². The van der Waals surface area contributed by atoms with Crippen molar-refractivity contribution < 1.29 is 18.6 Å². The highest BCUT2D eigenvalue weighted by atomic mass is 19.1. The summed E-state index contributed by atoms with van der Waals surface area (Å²) in [6.07, 6.45) is 1.68. The van der Waals surface area contributed by atoms with E-state index in [4.69, 9.17) is 4.74 Å². The predicted octanol–water partition coefficient (Wildman–Crippen LogP) is 3.12. The van der Waals surface area contributed by atoms with E-state index in [-0.39, 0.29) is 12.1 Å². The second-order valence-corrected chi connectivity index (χ2v) is 9.25. The van der Waals surface area contributed by atoms with E-state index in [2.05, 4.69) is 44.2 Å². The van der Waals surface area contributed by atoms with Gasteiger partial charge in [0.2, 0.25) is 5.75 Å². The van der Waals surface area contributed by atoms with Crippen LogP contribution >= 0.6 is 0 Å². The minimum absolute atomic E-state index is 0.136. The Morgan fingerprint density at radius 1 is 1.13 bits per heavy atom. The topological polar surface area (TPSA) is 90.5 Å². The second kappa shape index (κ2) is 13.8. The van der Waals surface area contributed by atoms with E-state index >= 15 is 4.39 Å². The lowest BCUT2D eigenvalue weighted by atomic mass is 9.92. The minimum atomic E-state index is -0.653. The molecule has 3 N–H and O–H groups in total. The third kappa shape index (κ3) is 7.71. The van der Waals surface area contributed by atoms with Crippen molar-refractivity contribution in [2.75, 3.05) is 46.1 Å². The SMILES string of the molecule is O=c1[nH]cnc(C[C@@H](CNCCCF)c2ccc(C#Cc3ccc(CN4CCOCC4)cc3)cc2F)c1O. The molecule has 9 heteroatoms. The lowest BCUT2D eigenvalue weighted by Crippen LogP contribution is -2.35. The molecule has 0 spiro atoms. The number of benzene rings is 2. The molecule has 0 unspecified atom stereocenters. The van der Waals surface area contributed by atoms with Crippen molar-refractivity contribution in [2.24, 2.45) is 0 Å². The molecule has 1 aromatic heterocycles. The molecule has 0 saturated carbocycles. The Morgan fingerprint density at radius 2 is 1.87 bits per heavy atom. The monoisotopic (exact) mass is 522 g/mol. The molecule has 4 rings (SSSR count). The van der Waals surface area contributed by atoms with Gasteiger partial charge in [0, 0.05) is 49.6 Å². The summed E-state index contributed by atoms with van der Waals surface area (Å²) in [6, 6.07) is 12.8. The first kappa shape index (κ1) is 27.5. The average molecular weight is 523 g/mol. The van der Waals surface area contributed by atoms with Gasteiger partial charge in [0.15, 0.2) is 0 Å². The molecule has 1 atom stereocenters. The first-order valence-electron chi connectivity index (χ1n) is 12.8. The second-order valence-electron chi connectivity index (χ2n) is 9.25. The standard InChI is InChI=1S/C29H32F2N4O3/c30-10-1-11-32-18-24(17-27-28(36)29(37)34-20-33-27)25-9-8-22(16-26(25)31)5-2-21-3-6-23(7-4-21)19-35-12-14-38-15-13-35/h3-4,6-9,16,20,24,32,36H,1,10-15,17-19H2,(H,33,34,37)/t24-/m0/s1. The van der Waals surface area contributed by atoms with Gasteiger partial charge in [-0.2, -0.15) is 0 Å². The Bertz CT molecular complexity index is 1310. The number of halogens is 2. The molecule has 7 nitrogen and oxygen atoms in total. The summed E-state index contributed by atoms with van der Waals surface area (Å²) in [4.78, 5) is 20.5. The third-order valence-electron chi connectivity index (χ3n) is 6.48. The van der Waals surface area contributed by atoms with Crippen LogP contribution in [0.15, 0.2) is 53.6 Å². The Hall–Kier alpha value is -3.58. The van der Waals surface area contributed by atoms with Gasteiger partial charge < -0.3 is 20.1 Å². The quantitative estimate of drug-likeness (QED) is 0.280. The van der Waals surface area contributed by atoms with Gasteiger partial charge >= 0.3 is 0 Å². The normalized spacial score (nSPS) is 14.6. The Morgan fingerprint density at radius 3 is 2.61 bits per heavy atom. The van der Waals surface area contributed by atoms with Crippen molar-refractivity contribution in [3.63, 3.8) is 0 Å². The summed E-state index contributed by atoms with van der Waals surface area (Å²) < 4.78 is 33.1. The maximum atomic E-state index is 15.2. The van der Waals surface area contributed by atoms with Gasteiger partial charge in [-0.15, -0.1) is 0 Å². The number of aromatic amines is 1. The van der Waals surface area contributed by atoms with E-state index in [1.807, 2.05) is 12.1 Å². The molecule has 3 aromatic rings. The molecule has 1 aliphatic heterocycles. The fraction of sp³-hybridized carbons (Fsp3) is 0.379. The first-order valence-corrected chi connectivity index (χ1v) is 12.8. The Balaban J connectivity index is 1.46. The summed E-state index contributed by atoms with van der Waals surface area (Å²) in [5.41, 5.74) is 2.50. The molecule has 1 fully saturated rings. The number of nitrogens with one attached hydrogen (secondary N) is 2. The zero-order valence-electron chi connectivity index (χ0n) is 21.2. The molecule has 200 valence electrons. The van der Waals surface area contributed by atoms with E-state index in [0.29, 0.717) is 30.6 Å². The van der Waals surface area contributed by atoms with Crippen LogP contribution in [-0.4, -0.2) is 66.0 Å². The van der Waals surface area contributed by atoms with Crippen molar-refractivity contribution in [1.82, 2.24) is 20.2 Å². The number of H-pyrrole nitrogens is 1. The molecule has 1 aliphatic rings. The predicted molar refractivity (Wildman–Crippen MR) is 141 cm³/mol. The van der Waals surface area contributed by atoms with Crippen LogP contribution in [0.25, 0.3) is 0 Å². The number of rotatable bonds is 10. The molecule has 0 radical (unpaired) electrons. The molecule has 0 amide bonds. The smallest absolute Gasteiger partial charge is 0.293 e. The molecule has 2 heterocycles. The maximum absolute atomic E-state index is 15.2. The van der Waals surface area contributed by atoms with Gasteiger partial charge in [-0.1, -0.05) is 30.0 Å². The summed E-state index contributed by atoms with van der Waals surface area (Å²) >= 11 is 0. The maximum Gasteiger partial charge on any atom is 0.293 e. The Labute approximate surface area is 220 Å². The van der Waals surface area contributed by atoms with Crippen molar-refractivity contribution in [1.29, 1.82) is 0 Å². The zero-order chi connectivity index (χ0) is 26.7. The Kier molecular flexibility index (Phi) is 9.98. The average Bonchev–Trinajstić information content (AvgIpc) is 2.93. The van der Waals surface area contributed by atoms with Crippen LogP contribution in [0.3, 0.4) is 0 Å². The number of ether oxygens (including phenoxy) is 1. The van der Waals surface area contributed by atoms with Crippen molar-refractivity contribution >= 4 is 0 Å². The lowest BCUT2D eigenvalue weighted by Gasteiger charge is -2.26. The highest BCUT2D eigenvalue weighted by Crippen LogP contribution is 2.25. The molecule has 38 heavy (non-hydrogen) atoms. The van der Waals surface area contributed by atoms with Crippen molar-refractivity contribution in [2.45, 2.75) is 25.3 Å². The summed E-state index contributed by atoms with van der Waals surface area (Å²) in [5, 5.41) is 13.2. The molecule has 2 aromatic carbocycles. The van der Waals surface area contributed by atoms with Crippen molar-refractivity contribution in [3.8, 4) is 17.6 Å². The van der Waals surface area contributed by atoms with Gasteiger partial charge in [-0.25, -0.2) is 9.37 Å². The number of hydrogen-bond acceptors (Lipinski definition) is 6. The van der Waals surface area contributed by atoms with Crippen LogP contribution in [0.5, 0.6) is 5.75 Å². The summed E-state index contributed by atoms with van der Waals surface area (Å²) in [7, 11) is 0. The third-order valence-corrected chi connectivity index (χ3v) is 6.48. The van der Waals surface area contributed by atoms with Crippen LogP contribution in [0.1, 0.15) is 40.3 Å². The fourth-order valence-electron chi connectivity index (χ4n) is 4.36. The number of nitrogens with zero attached hydrogens (tertiary/aromatic N) is 2. The number of alkyl halides is 1. The molecule has 1 saturated heterocycles. The highest BCUT2D eigenvalue weighted by molar-refractivity contribution is 5.45. The highest BCUT2D eigenvalue weighted by Gasteiger charge is 2.20. The zero-order valence-corrected chi connectivity index (χ0v) is 21.2. The van der Waals surface area contributed by atoms with Gasteiger partial charge in [0.05, 0.1) is 31.9 Å². The summed E-state index contributed by atoms with van der Waals surface area (Å²) in [6.45, 7) is 4.56. The van der Waals surface area contributed by atoms with Gasteiger partial charge in [-0.05, 0) is 48.4 Å². The van der Waals surface area contributed by atoms with E-state index in [9.17, 15) is 14.3 Å². The summed E-state index contributed by atoms with van der Waals surface area (Å²) in [5.74, 6) is 4.75. The van der Waals surface area contributed by atoms with Gasteiger partial charge in [-0.3, -0.25) is 14.1 Å². The minimum Gasteiger partial charge on any atom is -0.502 e. The van der Waals surface area contributed by atoms with Crippen molar-refractivity contribution in [3.05, 3.63) is 92.9 Å². The number of morpholine rings is 1. The van der Waals surface area contributed by atoms with Crippen LogP contribution in [0.2, 0.25) is 0 Å². The molecular formula is C29H32F2N4O3. The number of hydrogen-bond donors (Lipinski definition) is 3. The molecular weight excluding hydrogens is 490 g/mol. The molecule has 0 aliphatic carbocycles. The van der Waals surface area contributed by atoms with Crippen LogP contribution in [-0.2, 0) is 17.7 Å². The van der Waals surface area contributed by atoms with Crippen LogP contribution in [0.4, 0.5) is 8.78 Å². The van der Waals surface area contributed by atoms with E-state index in [1.54, 1.807) is 12.1 Å². The van der Waals surface area contributed by atoms with Crippen LogP contribution < -0.4 is 10.9 Å². The van der Waals surface area contributed by atoms with E-state index in [0.717, 1.165) is 38.4 Å². The first-order chi connectivity index (χ1) is 18.5. The van der Waals surface area contributed by atoms with E-state index < -0.39 is 29.7 Å². The lowest BCUT2D eigenvalue weighted by molar-refractivity contribution is 0.0342. The fourth-order valence-corrected chi connectivity index (χ4v) is 4.36. The molecule has 0 bridgehead atoms. The largest absolute Gasteiger partial charge is 0.502 e. The number of aromatic nitrogens is 2. The number of aromatic hydroxyl groups is 1. The van der Waals surface area contributed by atoms with Gasteiger partial charge in [0.1, 0.15) is 5.82 Å². The van der Waals surface area contributed by atoms with Crippen LogP contribution in [0, 0.1) is 17.7 Å². The van der Waals surface area contributed by atoms with Gasteiger partial charge in [0.25, 0.3) is 5.56 Å².